The van der Waals surface area contributed by atoms with E-state index in [0.717, 1.165) is 21.9 Å². The molecule has 0 spiro atoms. The molecule has 2 aromatic rings. The summed E-state index contributed by atoms with van der Waals surface area (Å²) in [5.41, 5.74) is 13.7. The second kappa shape index (κ2) is 3.72. The summed E-state index contributed by atoms with van der Waals surface area (Å²) in [5, 5.41) is 0. The van der Waals surface area contributed by atoms with E-state index in [1.165, 1.54) is 6.33 Å². The highest BCUT2D eigenvalue weighted by Gasteiger charge is 2.40. The maximum Gasteiger partial charge on any atom is 0.140 e. The van der Waals surface area contributed by atoms with Crippen LogP contribution in [0, 0.1) is 0 Å². The monoisotopic (exact) mass is 244 g/mol. The van der Waals surface area contributed by atoms with Gasteiger partial charge in [-0.1, -0.05) is 30.3 Å². The number of hydrogen-bond donors (Lipinski definition) is 2. The Bertz CT molecular complexity index is 558. The summed E-state index contributed by atoms with van der Waals surface area (Å²) in [6.45, 7) is 0. The average Bonchev–Trinajstić information content (AvgIpc) is 2.72. The molecule has 0 saturated heterocycles. The van der Waals surface area contributed by atoms with Gasteiger partial charge >= 0.3 is 0 Å². The maximum atomic E-state index is 6.49. The summed E-state index contributed by atoms with van der Waals surface area (Å²) in [6.07, 6.45) is 1.48. The van der Waals surface area contributed by atoms with E-state index in [2.05, 4.69) is 9.97 Å². The van der Waals surface area contributed by atoms with Crippen molar-refractivity contribution in [3.63, 3.8) is 0 Å². The van der Waals surface area contributed by atoms with Crippen molar-refractivity contribution >= 4 is 17.6 Å². The smallest absolute Gasteiger partial charge is 0.140 e. The fourth-order valence-corrected chi connectivity index (χ4v) is 3.30. The summed E-state index contributed by atoms with van der Waals surface area (Å²) in [5.74, 6) is 1.26. The van der Waals surface area contributed by atoms with Gasteiger partial charge in [-0.05, 0) is 5.56 Å². The topological polar surface area (TPSA) is 77.8 Å². The van der Waals surface area contributed by atoms with Crippen LogP contribution in [0.4, 0.5) is 5.82 Å². The first-order chi connectivity index (χ1) is 8.22. The van der Waals surface area contributed by atoms with Crippen LogP contribution in [0.2, 0.25) is 0 Å². The number of hydrogen-bond acceptors (Lipinski definition) is 5. The van der Waals surface area contributed by atoms with Gasteiger partial charge in [0.2, 0.25) is 0 Å². The highest BCUT2D eigenvalue weighted by molar-refractivity contribution is 7.99. The fraction of sp³-hybridized carbons (Fsp3) is 0.167. The molecule has 17 heavy (non-hydrogen) atoms. The predicted octanol–water partition coefficient (Wildman–Crippen LogP) is 1.37. The summed E-state index contributed by atoms with van der Waals surface area (Å²) in [6, 6.07) is 9.99. The lowest BCUT2D eigenvalue weighted by Gasteiger charge is -2.23. The lowest BCUT2D eigenvalue weighted by Crippen LogP contribution is -2.39. The molecule has 0 radical (unpaired) electrons. The van der Waals surface area contributed by atoms with E-state index in [0.29, 0.717) is 5.82 Å². The first kappa shape index (κ1) is 10.6. The largest absolute Gasteiger partial charge is 0.383 e. The third-order valence-corrected chi connectivity index (χ3v) is 4.28. The number of nitrogen functional groups attached to an aromatic ring is 1. The van der Waals surface area contributed by atoms with Crippen LogP contribution in [-0.2, 0) is 5.54 Å². The molecule has 5 heteroatoms. The molecule has 4 N–H and O–H groups in total. The summed E-state index contributed by atoms with van der Waals surface area (Å²) in [4.78, 5) is 9.23. The van der Waals surface area contributed by atoms with Crippen LogP contribution in [0.1, 0.15) is 11.3 Å². The number of fused-ring (bicyclic) bond motifs is 1. The highest BCUT2D eigenvalue weighted by atomic mass is 32.2. The van der Waals surface area contributed by atoms with Crippen LogP contribution < -0.4 is 11.5 Å². The van der Waals surface area contributed by atoms with Crippen LogP contribution >= 0.6 is 11.8 Å². The number of nitrogens with two attached hydrogens (primary N) is 2. The fourth-order valence-electron chi connectivity index (χ4n) is 2.06. The third-order valence-electron chi connectivity index (χ3n) is 2.99. The quantitative estimate of drug-likeness (QED) is 0.792. The molecule has 1 atom stereocenters. The number of benzene rings is 1. The van der Waals surface area contributed by atoms with Gasteiger partial charge in [0.1, 0.15) is 12.1 Å². The lowest BCUT2D eigenvalue weighted by molar-refractivity contribution is 0.592. The first-order valence-electron chi connectivity index (χ1n) is 5.30. The Morgan fingerprint density at radius 2 is 1.94 bits per heavy atom. The van der Waals surface area contributed by atoms with Crippen molar-refractivity contribution in [2.45, 2.75) is 10.4 Å². The van der Waals surface area contributed by atoms with Crippen molar-refractivity contribution < 1.29 is 0 Å². The van der Waals surface area contributed by atoms with Crippen LogP contribution in [-0.4, -0.2) is 15.7 Å². The predicted molar refractivity (Wildman–Crippen MR) is 68.6 cm³/mol. The van der Waals surface area contributed by atoms with Gasteiger partial charge in [0.25, 0.3) is 0 Å². The van der Waals surface area contributed by atoms with Gasteiger partial charge in [0.15, 0.2) is 0 Å². The number of aromatic nitrogens is 2. The Hall–Kier alpha value is -1.59. The molecule has 1 aliphatic rings. The summed E-state index contributed by atoms with van der Waals surface area (Å²) >= 11 is 1.62. The van der Waals surface area contributed by atoms with E-state index in [4.69, 9.17) is 11.5 Å². The van der Waals surface area contributed by atoms with Crippen LogP contribution in [0.5, 0.6) is 0 Å². The molecule has 1 aromatic heterocycles. The van der Waals surface area contributed by atoms with Crippen molar-refractivity contribution in [1.82, 2.24) is 9.97 Å². The SMILES string of the molecule is Nc1ncnc2c1SCC2(N)c1ccccc1. The third kappa shape index (κ3) is 1.50. The highest BCUT2D eigenvalue weighted by Crippen LogP contribution is 2.44. The van der Waals surface area contributed by atoms with Gasteiger partial charge in [-0.25, -0.2) is 9.97 Å². The van der Waals surface area contributed by atoms with Gasteiger partial charge < -0.3 is 11.5 Å². The Morgan fingerprint density at radius 3 is 2.71 bits per heavy atom. The molecule has 86 valence electrons. The molecule has 3 rings (SSSR count). The lowest BCUT2D eigenvalue weighted by atomic mass is 9.89. The molecule has 0 bridgehead atoms. The minimum absolute atomic E-state index is 0.517. The minimum Gasteiger partial charge on any atom is -0.383 e. The van der Waals surface area contributed by atoms with E-state index < -0.39 is 5.54 Å². The number of thioether (sulfide) groups is 1. The Morgan fingerprint density at radius 1 is 1.18 bits per heavy atom. The number of anilines is 1. The van der Waals surface area contributed by atoms with E-state index in [-0.39, 0.29) is 0 Å². The average molecular weight is 244 g/mol. The maximum absolute atomic E-state index is 6.49. The molecule has 0 fully saturated rings. The molecule has 0 saturated carbocycles. The second-order valence-corrected chi connectivity index (χ2v) is 5.05. The first-order valence-corrected chi connectivity index (χ1v) is 6.28. The van der Waals surface area contributed by atoms with Crippen LogP contribution in [0.3, 0.4) is 0 Å². The van der Waals surface area contributed by atoms with Gasteiger partial charge in [0.05, 0.1) is 16.1 Å². The zero-order valence-electron chi connectivity index (χ0n) is 9.13. The summed E-state index contributed by atoms with van der Waals surface area (Å²) in [7, 11) is 0. The van der Waals surface area contributed by atoms with Crippen molar-refractivity contribution in [3.8, 4) is 0 Å². The zero-order chi connectivity index (χ0) is 11.9. The van der Waals surface area contributed by atoms with Gasteiger partial charge in [-0.2, -0.15) is 0 Å². The van der Waals surface area contributed by atoms with E-state index in [9.17, 15) is 0 Å². The normalized spacial score (nSPS) is 22.4. The molecular weight excluding hydrogens is 232 g/mol. The molecule has 1 unspecified atom stereocenters. The van der Waals surface area contributed by atoms with Crippen LogP contribution in [0.15, 0.2) is 41.6 Å². The van der Waals surface area contributed by atoms with Crippen molar-refractivity contribution in [2.75, 3.05) is 11.5 Å². The van der Waals surface area contributed by atoms with Gasteiger partial charge in [0, 0.05) is 5.75 Å². The van der Waals surface area contributed by atoms with Crippen molar-refractivity contribution in [2.24, 2.45) is 5.73 Å². The molecule has 1 aliphatic heterocycles. The minimum atomic E-state index is -0.557. The van der Waals surface area contributed by atoms with Crippen molar-refractivity contribution in [3.05, 3.63) is 47.9 Å². The standard InChI is InChI=1S/C12H12N4S/c13-11-9-10(15-7-16-11)12(14,6-17-9)8-4-2-1-3-5-8/h1-5,7H,6,14H2,(H2,13,15,16). The molecule has 0 aliphatic carbocycles. The molecule has 4 nitrogen and oxygen atoms in total. The number of nitrogens with zero attached hydrogens (tertiary/aromatic N) is 2. The zero-order valence-corrected chi connectivity index (χ0v) is 9.95. The summed E-state index contributed by atoms with van der Waals surface area (Å²) < 4.78 is 0. The van der Waals surface area contributed by atoms with Crippen LogP contribution in [0.25, 0.3) is 0 Å². The van der Waals surface area contributed by atoms with Crippen molar-refractivity contribution in [1.29, 1.82) is 0 Å². The number of rotatable bonds is 1. The van der Waals surface area contributed by atoms with E-state index in [1.807, 2.05) is 30.3 Å². The van der Waals surface area contributed by atoms with Gasteiger partial charge in [-0.15, -0.1) is 11.8 Å². The van der Waals surface area contributed by atoms with E-state index in [1.54, 1.807) is 11.8 Å². The second-order valence-electron chi connectivity index (χ2n) is 4.06. The molecule has 1 aromatic carbocycles. The Balaban J connectivity index is 2.18. The molecular formula is C12H12N4S. The Kier molecular flexibility index (Phi) is 2.31. The molecule has 0 amide bonds. The molecule has 2 heterocycles. The van der Waals surface area contributed by atoms with E-state index >= 15 is 0 Å². The Labute approximate surface area is 103 Å². The van der Waals surface area contributed by atoms with Gasteiger partial charge in [-0.3, -0.25) is 0 Å².